The van der Waals surface area contributed by atoms with E-state index in [9.17, 15) is 22.8 Å². The molecule has 0 saturated heterocycles. The molecule has 1 aliphatic rings. The average Bonchev–Trinajstić information content (AvgIpc) is 2.90. The van der Waals surface area contributed by atoms with Crippen molar-refractivity contribution < 1.29 is 37.4 Å². The van der Waals surface area contributed by atoms with E-state index < -0.39 is 12.1 Å². The van der Waals surface area contributed by atoms with Crippen molar-refractivity contribution in [1.82, 2.24) is 10.6 Å². The molecule has 29 heavy (non-hydrogen) atoms. The third-order valence-electron chi connectivity index (χ3n) is 4.12. The highest BCUT2D eigenvalue weighted by Gasteiger charge is 2.38. The minimum absolute atomic E-state index is 0.0295. The van der Waals surface area contributed by atoms with Gasteiger partial charge in [0.25, 0.3) is 0 Å². The van der Waals surface area contributed by atoms with Gasteiger partial charge in [-0.05, 0) is 43.1 Å². The van der Waals surface area contributed by atoms with Crippen LogP contribution in [0, 0.1) is 0 Å². The molecule has 3 N–H and O–H groups in total. The third kappa shape index (κ3) is 9.53. The van der Waals surface area contributed by atoms with Crippen LogP contribution in [0.5, 0.6) is 0 Å². The fourth-order valence-corrected chi connectivity index (χ4v) is 2.60. The van der Waals surface area contributed by atoms with Gasteiger partial charge in [0.2, 0.25) is 5.91 Å². The van der Waals surface area contributed by atoms with Crippen molar-refractivity contribution in [2.24, 2.45) is 0 Å². The van der Waals surface area contributed by atoms with Crippen molar-refractivity contribution in [2.75, 3.05) is 33.4 Å². The van der Waals surface area contributed by atoms with Gasteiger partial charge < -0.3 is 20.5 Å². The van der Waals surface area contributed by atoms with Crippen LogP contribution in [0.1, 0.15) is 34.3 Å². The normalized spacial score (nSPS) is 13.4. The summed E-state index contributed by atoms with van der Waals surface area (Å²) in [5, 5.41) is 13.2. The number of hydrogen-bond acceptors (Lipinski definition) is 5. The number of ether oxygens (including phenoxy) is 1. The Balaban J connectivity index is 0.000000516. The fraction of sp³-hybridized carbons (Fsp3) is 0.526. The summed E-state index contributed by atoms with van der Waals surface area (Å²) in [7, 11) is 1.59. The summed E-state index contributed by atoms with van der Waals surface area (Å²) < 4.78 is 36.6. The second-order valence-corrected chi connectivity index (χ2v) is 6.30. The molecule has 0 atom stereocenters. The zero-order valence-corrected chi connectivity index (χ0v) is 16.1. The van der Waals surface area contributed by atoms with Crippen LogP contribution >= 0.6 is 0 Å². The number of carboxylic acid groups (broad SMARTS) is 1. The van der Waals surface area contributed by atoms with Crippen LogP contribution in [0.4, 0.5) is 13.2 Å². The SMILES string of the molecule is COCCNC(=O)CCC(=O)c1ccc2c(c1)CCNCC2.O=C(O)C(F)(F)F. The molecule has 0 aromatic heterocycles. The number of methoxy groups -OCH3 is 1. The van der Waals surface area contributed by atoms with Gasteiger partial charge in [-0.15, -0.1) is 0 Å². The molecule has 1 amide bonds. The second kappa shape index (κ2) is 12.2. The highest BCUT2D eigenvalue weighted by molar-refractivity contribution is 5.98. The number of carbonyl (C=O) groups excluding carboxylic acids is 2. The maximum absolute atomic E-state index is 12.2. The molecule has 0 spiro atoms. The van der Waals surface area contributed by atoms with Crippen molar-refractivity contribution in [2.45, 2.75) is 31.9 Å². The molecule has 2 rings (SSSR count). The van der Waals surface area contributed by atoms with Gasteiger partial charge in [0.1, 0.15) is 0 Å². The van der Waals surface area contributed by atoms with Gasteiger partial charge in [0, 0.05) is 32.1 Å². The van der Waals surface area contributed by atoms with E-state index in [1.165, 1.54) is 11.1 Å². The molecule has 7 nitrogen and oxygen atoms in total. The zero-order valence-electron chi connectivity index (χ0n) is 16.1. The monoisotopic (exact) mass is 418 g/mol. The van der Waals surface area contributed by atoms with E-state index in [1.807, 2.05) is 18.2 Å². The first kappa shape index (κ1) is 24.6. The number of carboxylic acids is 1. The lowest BCUT2D eigenvalue weighted by atomic mass is 9.97. The number of fused-ring (bicyclic) bond motifs is 1. The van der Waals surface area contributed by atoms with Crippen molar-refractivity contribution in [3.8, 4) is 0 Å². The van der Waals surface area contributed by atoms with Gasteiger partial charge in [-0.2, -0.15) is 13.2 Å². The van der Waals surface area contributed by atoms with Crippen LogP contribution < -0.4 is 10.6 Å². The van der Waals surface area contributed by atoms with Gasteiger partial charge in [-0.3, -0.25) is 9.59 Å². The molecule has 0 aliphatic carbocycles. The summed E-state index contributed by atoms with van der Waals surface area (Å²) in [6.07, 6.45) is -2.66. The van der Waals surface area contributed by atoms with Gasteiger partial charge >= 0.3 is 12.1 Å². The summed E-state index contributed by atoms with van der Waals surface area (Å²) in [4.78, 5) is 32.7. The van der Waals surface area contributed by atoms with E-state index in [0.29, 0.717) is 18.7 Å². The number of halogens is 3. The van der Waals surface area contributed by atoms with Crippen molar-refractivity contribution in [3.05, 3.63) is 34.9 Å². The number of alkyl halides is 3. The Hall–Kier alpha value is -2.46. The smallest absolute Gasteiger partial charge is 0.475 e. The summed E-state index contributed by atoms with van der Waals surface area (Å²) in [6, 6.07) is 5.93. The minimum atomic E-state index is -5.08. The predicted octanol–water partition coefficient (Wildman–Crippen LogP) is 1.73. The van der Waals surface area contributed by atoms with Crippen LogP contribution in [0.25, 0.3) is 0 Å². The maximum Gasteiger partial charge on any atom is 0.490 e. The molecule has 0 saturated carbocycles. The number of ketones is 1. The van der Waals surface area contributed by atoms with E-state index >= 15 is 0 Å². The van der Waals surface area contributed by atoms with E-state index in [1.54, 1.807) is 7.11 Å². The van der Waals surface area contributed by atoms with E-state index in [4.69, 9.17) is 14.6 Å². The quantitative estimate of drug-likeness (QED) is 0.460. The van der Waals surface area contributed by atoms with Gasteiger partial charge in [-0.1, -0.05) is 12.1 Å². The lowest BCUT2D eigenvalue weighted by Gasteiger charge is -2.08. The molecule has 0 radical (unpaired) electrons. The number of carbonyl (C=O) groups is 3. The first-order valence-corrected chi connectivity index (χ1v) is 9.06. The van der Waals surface area contributed by atoms with Gasteiger partial charge in [0.15, 0.2) is 5.78 Å². The van der Waals surface area contributed by atoms with Crippen LogP contribution in [0.15, 0.2) is 18.2 Å². The number of nitrogens with one attached hydrogen (secondary N) is 2. The molecular formula is C19H25F3N2O5. The first-order chi connectivity index (χ1) is 13.6. The van der Waals surface area contributed by atoms with Crippen molar-refractivity contribution in [3.63, 3.8) is 0 Å². The minimum Gasteiger partial charge on any atom is -0.475 e. The fourth-order valence-electron chi connectivity index (χ4n) is 2.60. The largest absolute Gasteiger partial charge is 0.490 e. The standard InChI is InChI=1S/C17H24N2O3.C2HF3O2/c1-22-11-10-19-17(21)5-4-16(20)15-3-2-13-6-8-18-9-7-14(13)12-15;3-2(4,5)1(6)7/h2-3,12,18H,4-11H2,1H3,(H,19,21);(H,6,7). The molecule has 1 heterocycles. The number of aliphatic carboxylic acids is 1. The van der Waals surface area contributed by atoms with Crippen LogP contribution in [0.2, 0.25) is 0 Å². The first-order valence-electron chi connectivity index (χ1n) is 9.06. The molecule has 162 valence electrons. The molecule has 1 aliphatic heterocycles. The number of rotatable bonds is 7. The molecule has 10 heteroatoms. The number of Topliss-reactive ketones (excluding diaryl/α,β-unsaturated/α-hetero) is 1. The Morgan fingerprint density at radius 2 is 1.76 bits per heavy atom. The van der Waals surface area contributed by atoms with Crippen molar-refractivity contribution in [1.29, 1.82) is 0 Å². The average molecular weight is 418 g/mol. The van der Waals surface area contributed by atoms with Crippen LogP contribution in [0.3, 0.4) is 0 Å². The van der Waals surface area contributed by atoms with Crippen LogP contribution in [-0.2, 0) is 27.2 Å². The summed E-state index contributed by atoms with van der Waals surface area (Å²) in [5.74, 6) is -2.83. The Kier molecular flexibility index (Phi) is 10.3. The Labute approximate surface area is 166 Å². The Bertz CT molecular complexity index is 708. The van der Waals surface area contributed by atoms with Gasteiger partial charge in [-0.25, -0.2) is 4.79 Å². The topological polar surface area (TPSA) is 105 Å². The summed E-state index contributed by atoms with van der Waals surface area (Å²) in [6.45, 7) is 2.91. The molecule has 1 aromatic rings. The summed E-state index contributed by atoms with van der Waals surface area (Å²) >= 11 is 0. The Morgan fingerprint density at radius 3 is 2.34 bits per heavy atom. The summed E-state index contributed by atoms with van der Waals surface area (Å²) in [5.41, 5.74) is 3.28. The number of benzene rings is 1. The molecule has 0 fully saturated rings. The zero-order chi connectivity index (χ0) is 21.9. The highest BCUT2D eigenvalue weighted by Crippen LogP contribution is 2.17. The predicted molar refractivity (Wildman–Crippen MR) is 98.9 cm³/mol. The molecule has 0 unspecified atom stereocenters. The lowest BCUT2D eigenvalue weighted by molar-refractivity contribution is -0.192. The molecule has 0 bridgehead atoms. The van der Waals surface area contributed by atoms with E-state index in [2.05, 4.69) is 10.6 Å². The van der Waals surface area contributed by atoms with E-state index in [0.717, 1.165) is 25.9 Å². The van der Waals surface area contributed by atoms with Crippen LogP contribution in [-0.4, -0.2) is 62.3 Å². The molecule has 1 aromatic carbocycles. The van der Waals surface area contributed by atoms with E-state index in [-0.39, 0.29) is 24.5 Å². The maximum atomic E-state index is 12.2. The lowest BCUT2D eigenvalue weighted by Crippen LogP contribution is -2.27. The van der Waals surface area contributed by atoms with Gasteiger partial charge in [0.05, 0.1) is 6.61 Å². The number of hydrogen-bond donors (Lipinski definition) is 3. The highest BCUT2D eigenvalue weighted by atomic mass is 19.4. The number of amides is 1. The Morgan fingerprint density at radius 1 is 1.14 bits per heavy atom. The second-order valence-electron chi connectivity index (χ2n) is 6.30. The molecular weight excluding hydrogens is 393 g/mol. The van der Waals surface area contributed by atoms with Crippen molar-refractivity contribution >= 4 is 17.7 Å². The third-order valence-corrected chi connectivity index (χ3v) is 4.12.